The summed E-state index contributed by atoms with van der Waals surface area (Å²) in [6, 6.07) is 8.39. The molecule has 1 unspecified atom stereocenters. The molecular formula is C16H27NO2. The van der Waals surface area contributed by atoms with Gasteiger partial charge < -0.3 is 9.84 Å². The predicted molar refractivity (Wildman–Crippen MR) is 79.4 cm³/mol. The highest BCUT2D eigenvalue weighted by atomic mass is 16.5. The van der Waals surface area contributed by atoms with Crippen molar-refractivity contribution >= 4 is 0 Å². The molecule has 0 saturated heterocycles. The number of ether oxygens (including phenoxy) is 1. The first kappa shape index (κ1) is 16.0. The number of benzene rings is 1. The first-order valence-corrected chi connectivity index (χ1v) is 7.00. The Hall–Kier alpha value is -1.06. The average Bonchev–Trinajstić information content (AvgIpc) is 2.31. The van der Waals surface area contributed by atoms with Crippen molar-refractivity contribution in [1.29, 1.82) is 0 Å². The van der Waals surface area contributed by atoms with Crippen molar-refractivity contribution in [3.8, 4) is 5.75 Å². The molecule has 0 heterocycles. The van der Waals surface area contributed by atoms with Gasteiger partial charge in [-0.15, -0.1) is 0 Å². The Morgan fingerprint density at radius 2 is 1.68 bits per heavy atom. The van der Waals surface area contributed by atoms with E-state index in [0.29, 0.717) is 5.92 Å². The number of hydrogen-bond donors (Lipinski definition) is 1. The fraction of sp³-hybridized carbons (Fsp3) is 0.625. The maximum atomic E-state index is 9.43. The molecule has 108 valence electrons. The Labute approximate surface area is 117 Å². The third-order valence-electron chi connectivity index (χ3n) is 3.25. The van der Waals surface area contributed by atoms with Crippen LogP contribution in [0.2, 0.25) is 0 Å². The van der Waals surface area contributed by atoms with Crippen molar-refractivity contribution in [1.82, 2.24) is 4.90 Å². The van der Waals surface area contributed by atoms with Gasteiger partial charge in [-0.3, -0.25) is 4.90 Å². The lowest BCUT2D eigenvalue weighted by Gasteiger charge is -2.29. The van der Waals surface area contributed by atoms with Crippen molar-refractivity contribution in [3.63, 3.8) is 0 Å². The van der Waals surface area contributed by atoms with E-state index in [2.05, 4.69) is 37.9 Å². The summed E-state index contributed by atoms with van der Waals surface area (Å²) in [6.45, 7) is 9.36. The van der Waals surface area contributed by atoms with Crippen molar-refractivity contribution in [2.45, 2.75) is 46.4 Å². The van der Waals surface area contributed by atoms with E-state index in [1.807, 2.05) is 26.0 Å². The summed E-state index contributed by atoms with van der Waals surface area (Å²) in [4.78, 5) is 2.20. The summed E-state index contributed by atoms with van der Waals surface area (Å²) in [6.07, 6.45) is 0.202. The second kappa shape index (κ2) is 7.51. The average molecular weight is 265 g/mol. The Balaban J connectivity index is 2.62. The molecule has 0 amide bonds. The van der Waals surface area contributed by atoms with Gasteiger partial charge in [0.15, 0.2) is 0 Å². The minimum absolute atomic E-state index is 0.197. The van der Waals surface area contributed by atoms with E-state index in [1.54, 1.807) is 0 Å². The highest BCUT2D eigenvalue weighted by Gasteiger charge is 2.17. The molecule has 0 radical (unpaired) electrons. The molecule has 1 rings (SSSR count). The van der Waals surface area contributed by atoms with Crippen LogP contribution in [-0.2, 0) is 6.54 Å². The molecular weight excluding hydrogens is 238 g/mol. The molecule has 0 fully saturated rings. The fourth-order valence-corrected chi connectivity index (χ4v) is 2.21. The summed E-state index contributed by atoms with van der Waals surface area (Å²) in [5.74, 6) is 1.35. The van der Waals surface area contributed by atoms with Crippen molar-refractivity contribution in [2.24, 2.45) is 5.92 Å². The standard InChI is InChI=1S/C16H27NO2/c1-12(2)16(11-18)17(5)10-14-6-8-15(9-7-14)19-13(3)4/h6-9,12-13,16,18H,10-11H2,1-5H3. The zero-order chi connectivity index (χ0) is 14.4. The molecule has 19 heavy (non-hydrogen) atoms. The van der Waals surface area contributed by atoms with Gasteiger partial charge in [0.05, 0.1) is 12.7 Å². The van der Waals surface area contributed by atoms with Gasteiger partial charge in [-0.1, -0.05) is 26.0 Å². The largest absolute Gasteiger partial charge is 0.491 e. The van der Waals surface area contributed by atoms with Crippen molar-refractivity contribution in [2.75, 3.05) is 13.7 Å². The van der Waals surface area contributed by atoms with Crippen molar-refractivity contribution in [3.05, 3.63) is 29.8 Å². The zero-order valence-electron chi connectivity index (χ0n) is 12.8. The molecule has 0 spiro atoms. The van der Waals surface area contributed by atoms with Crippen LogP contribution in [0, 0.1) is 5.92 Å². The summed E-state index contributed by atoms with van der Waals surface area (Å²) in [7, 11) is 2.05. The molecule has 0 aliphatic rings. The lowest BCUT2D eigenvalue weighted by molar-refractivity contribution is 0.108. The number of rotatable bonds is 7. The molecule has 1 aromatic rings. The van der Waals surface area contributed by atoms with Crippen LogP contribution >= 0.6 is 0 Å². The van der Waals surface area contributed by atoms with Crippen LogP contribution in [0.1, 0.15) is 33.3 Å². The maximum Gasteiger partial charge on any atom is 0.119 e. The molecule has 1 N–H and O–H groups in total. The zero-order valence-corrected chi connectivity index (χ0v) is 12.8. The van der Waals surface area contributed by atoms with E-state index >= 15 is 0 Å². The Morgan fingerprint density at radius 1 is 1.11 bits per heavy atom. The monoisotopic (exact) mass is 265 g/mol. The van der Waals surface area contributed by atoms with Gasteiger partial charge >= 0.3 is 0 Å². The molecule has 0 aliphatic carbocycles. The van der Waals surface area contributed by atoms with E-state index in [9.17, 15) is 5.11 Å². The number of nitrogens with zero attached hydrogens (tertiary/aromatic N) is 1. The highest BCUT2D eigenvalue weighted by molar-refractivity contribution is 5.27. The SMILES string of the molecule is CC(C)Oc1ccc(CN(C)C(CO)C(C)C)cc1. The maximum absolute atomic E-state index is 9.43. The smallest absolute Gasteiger partial charge is 0.119 e. The van der Waals surface area contributed by atoms with Crippen LogP contribution < -0.4 is 4.74 Å². The topological polar surface area (TPSA) is 32.7 Å². The Bertz CT molecular complexity index is 360. The molecule has 0 aromatic heterocycles. The normalized spacial score (nSPS) is 13.3. The molecule has 3 nitrogen and oxygen atoms in total. The van der Waals surface area contributed by atoms with Crippen LogP contribution in [0.4, 0.5) is 0 Å². The van der Waals surface area contributed by atoms with E-state index in [4.69, 9.17) is 4.74 Å². The minimum atomic E-state index is 0.197. The van der Waals surface area contributed by atoms with Crippen LogP contribution in [0.15, 0.2) is 24.3 Å². The number of aliphatic hydroxyl groups excluding tert-OH is 1. The lowest BCUT2D eigenvalue weighted by Crippen LogP contribution is -2.38. The van der Waals surface area contributed by atoms with E-state index < -0.39 is 0 Å². The summed E-state index contributed by atoms with van der Waals surface area (Å²) < 4.78 is 5.63. The van der Waals surface area contributed by atoms with Gasteiger partial charge in [-0.2, -0.15) is 0 Å². The first-order chi connectivity index (χ1) is 8.93. The van der Waals surface area contributed by atoms with Crippen LogP contribution in [0.25, 0.3) is 0 Å². The second-order valence-electron chi connectivity index (χ2n) is 5.72. The molecule has 1 aromatic carbocycles. The Kier molecular flexibility index (Phi) is 6.32. The molecule has 0 aliphatic heterocycles. The highest BCUT2D eigenvalue weighted by Crippen LogP contribution is 2.17. The fourth-order valence-electron chi connectivity index (χ4n) is 2.21. The minimum Gasteiger partial charge on any atom is -0.491 e. The summed E-state index contributed by atoms with van der Waals surface area (Å²) >= 11 is 0. The Morgan fingerprint density at radius 3 is 2.11 bits per heavy atom. The van der Waals surface area contributed by atoms with Gasteiger partial charge in [0.25, 0.3) is 0 Å². The molecule has 1 atom stereocenters. The quantitative estimate of drug-likeness (QED) is 0.823. The van der Waals surface area contributed by atoms with Gasteiger partial charge in [0.1, 0.15) is 5.75 Å². The third-order valence-corrected chi connectivity index (χ3v) is 3.25. The van der Waals surface area contributed by atoms with E-state index in [1.165, 1.54) is 5.56 Å². The summed E-state index contributed by atoms with van der Waals surface area (Å²) in [5, 5.41) is 9.43. The number of hydrogen-bond acceptors (Lipinski definition) is 3. The van der Waals surface area contributed by atoms with E-state index in [0.717, 1.165) is 12.3 Å². The molecule has 0 bridgehead atoms. The number of aliphatic hydroxyl groups is 1. The van der Waals surface area contributed by atoms with Crippen LogP contribution in [-0.4, -0.2) is 35.8 Å². The number of likely N-dealkylation sites (N-methyl/N-ethyl adjacent to an activating group) is 1. The molecule has 3 heteroatoms. The van der Waals surface area contributed by atoms with Gasteiger partial charge in [-0.05, 0) is 44.5 Å². The summed E-state index contributed by atoms with van der Waals surface area (Å²) in [5.41, 5.74) is 1.23. The first-order valence-electron chi connectivity index (χ1n) is 7.00. The van der Waals surface area contributed by atoms with Gasteiger partial charge in [0.2, 0.25) is 0 Å². The van der Waals surface area contributed by atoms with Crippen molar-refractivity contribution < 1.29 is 9.84 Å². The predicted octanol–water partition coefficient (Wildman–Crippen LogP) is 2.92. The van der Waals surface area contributed by atoms with Crippen LogP contribution in [0.5, 0.6) is 5.75 Å². The van der Waals surface area contributed by atoms with Crippen LogP contribution in [0.3, 0.4) is 0 Å². The second-order valence-corrected chi connectivity index (χ2v) is 5.72. The van der Waals surface area contributed by atoms with E-state index in [-0.39, 0.29) is 18.8 Å². The van der Waals surface area contributed by atoms with Gasteiger partial charge in [0, 0.05) is 12.6 Å². The van der Waals surface area contributed by atoms with Gasteiger partial charge in [-0.25, -0.2) is 0 Å². The molecule has 0 saturated carbocycles. The lowest BCUT2D eigenvalue weighted by atomic mass is 10.0. The third kappa shape index (κ3) is 5.21.